The van der Waals surface area contributed by atoms with Gasteiger partial charge in [0.2, 0.25) is 5.16 Å². The van der Waals surface area contributed by atoms with E-state index in [0.29, 0.717) is 0 Å². The van der Waals surface area contributed by atoms with Crippen molar-refractivity contribution in [3.63, 3.8) is 0 Å². The van der Waals surface area contributed by atoms with Crippen molar-refractivity contribution >= 4 is 11.8 Å². The average molecular weight is 295 g/mol. The minimum atomic E-state index is 0.790. The largest absolute Gasteiger partial charge is 0.262 e. The average Bonchev–Trinajstić information content (AvgIpc) is 2.95. The highest BCUT2D eigenvalue weighted by Gasteiger charge is 2.06. The van der Waals surface area contributed by atoms with E-state index in [2.05, 4.69) is 58.5 Å². The molecule has 21 heavy (non-hydrogen) atoms. The second-order valence-electron chi connectivity index (χ2n) is 4.94. The van der Waals surface area contributed by atoms with Crippen LogP contribution < -0.4 is 0 Å². The molecule has 3 rings (SSSR count). The Morgan fingerprint density at radius 2 is 1.76 bits per heavy atom. The van der Waals surface area contributed by atoms with E-state index in [1.165, 1.54) is 16.7 Å². The zero-order valence-electron chi connectivity index (χ0n) is 11.9. The number of H-pyrrole nitrogens is 1. The Morgan fingerprint density at radius 3 is 2.57 bits per heavy atom. The maximum atomic E-state index is 4.55. The lowest BCUT2D eigenvalue weighted by atomic mass is 10.1. The standard InChI is InChI=1S/C17H17N3S/c1-13-7-5-6-10-15(13)12-21-17-18-16(19-20-17)11-14-8-3-2-4-9-14/h2-10H,11-12H2,1H3,(H,18,19,20). The van der Waals surface area contributed by atoms with Gasteiger partial charge in [-0.15, -0.1) is 5.10 Å². The summed E-state index contributed by atoms with van der Waals surface area (Å²) in [6.07, 6.45) is 0.790. The van der Waals surface area contributed by atoms with Crippen molar-refractivity contribution in [3.05, 3.63) is 77.1 Å². The van der Waals surface area contributed by atoms with E-state index in [1.807, 2.05) is 18.2 Å². The topological polar surface area (TPSA) is 41.6 Å². The van der Waals surface area contributed by atoms with Crippen LogP contribution in [0.25, 0.3) is 0 Å². The van der Waals surface area contributed by atoms with Gasteiger partial charge in [-0.05, 0) is 23.6 Å². The second-order valence-corrected chi connectivity index (χ2v) is 5.88. The molecule has 3 aromatic rings. The van der Waals surface area contributed by atoms with Gasteiger partial charge in [-0.1, -0.05) is 66.4 Å². The number of benzene rings is 2. The molecule has 0 radical (unpaired) electrons. The van der Waals surface area contributed by atoms with Gasteiger partial charge < -0.3 is 0 Å². The van der Waals surface area contributed by atoms with Gasteiger partial charge in [0.1, 0.15) is 5.82 Å². The number of hydrogen-bond acceptors (Lipinski definition) is 3. The Labute approximate surface area is 128 Å². The number of rotatable bonds is 5. The van der Waals surface area contributed by atoms with Crippen molar-refractivity contribution < 1.29 is 0 Å². The number of nitrogens with one attached hydrogen (secondary N) is 1. The van der Waals surface area contributed by atoms with Crippen LogP contribution in [0.4, 0.5) is 0 Å². The van der Waals surface area contributed by atoms with Crippen molar-refractivity contribution in [3.8, 4) is 0 Å². The molecule has 0 saturated heterocycles. The number of thioether (sulfide) groups is 1. The summed E-state index contributed by atoms with van der Waals surface area (Å²) in [5, 5.41) is 8.12. The first-order chi connectivity index (χ1) is 10.3. The predicted molar refractivity (Wildman–Crippen MR) is 86.4 cm³/mol. The quantitative estimate of drug-likeness (QED) is 0.723. The molecule has 0 fully saturated rings. The molecule has 0 amide bonds. The monoisotopic (exact) mass is 295 g/mol. The van der Waals surface area contributed by atoms with Crippen molar-refractivity contribution in [2.24, 2.45) is 0 Å². The zero-order chi connectivity index (χ0) is 14.5. The Hall–Kier alpha value is -2.07. The molecule has 0 unspecified atom stereocenters. The predicted octanol–water partition coefficient (Wildman–Crippen LogP) is 4.00. The third kappa shape index (κ3) is 3.73. The first-order valence-corrected chi connectivity index (χ1v) is 7.92. The van der Waals surface area contributed by atoms with E-state index >= 15 is 0 Å². The molecule has 106 valence electrons. The summed E-state index contributed by atoms with van der Waals surface area (Å²) in [6, 6.07) is 18.7. The van der Waals surface area contributed by atoms with E-state index in [9.17, 15) is 0 Å². The minimum absolute atomic E-state index is 0.790. The maximum Gasteiger partial charge on any atom is 0.208 e. The van der Waals surface area contributed by atoms with E-state index in [1.54, 1.807) is 11.8 Å². The van der Waals surface area contributed by atoms with Crippen molar-refractivity contribution in [2.75, 3.05) is 0 Å². The summed E-state index contributed by atoms with van der Waals surface area (Å²) in [6.45, 7) is 2.13. The number of hydrogen-bond donors (Lipinski definition) is 1. The first-order valence-electron chi connectivity index (χ1n) is 6.94. The van der Waals surface area contributed by atoms with Crippen LogP contribution in [0.15, 0.2) is 59.8 Å². The fourth-order valence-corrected chi connectivity index (χ4v) is 3.02. The van der Waals surface area contributed by atoms with Gasteiger partial charge in [0.15, 0.2) is 0 Å². The van der Waals surface area contributed by atoms with Crippen LogP contribution in [-0.2, 0) is 12.2 Å². The van der Waals surface area contributed by atoms with Crippen molar-refractivity contribution in [1.29, 1.82) is 0 Å². The van der Waals surface area contributed by atoms with E-state index < -0.39 is 0 Å². The molecule has 0 bridgehead atoms. The molecule has 0 aliphatic rings. The molecule has 4 heteroatoms. The fraction of sp³-hybridized carbons (Fsp3) is 0.176. The van der Waals surface area contributed by atoms with Gasteiger partial charge in [0, 0.05) is 12.2 Å². The molecule has 1 aromatic heterocycles. The van der Waals surface area contributed by atoms with Crippen LogP contribution >= 0.6 is 11.8 Å². The normalized spacial score (nSPS) is 10.7. The van der Waals surface area contributed by atoms with Gasteiger partial charge in [0.25, 0.3) is 0 Å². The summed E-state index contributed by atoms with van der Waals surface area (Å²) >= 11 is 1.67. The van der Waals surface area contributed by atoms with Gasteiger partial charge >= 0.3 is 0 Å². The highest BCUT2D eigenvalue weighted by molar-refractivity contribution is 7.98. The smallest absolute Gasteiger partial charge is 0.208 e. The Balaban J connectivity index is 1.62. The summed E-state index contributed by atoms with van der Waals surface area (Å²) in [7, 11) is 0. The number of aromatic amines is 1. The minimum Gasteiger partial charge on any atom is -0.262 e. The third-order valence-electron chi connectivity index (χ3n) is 3.34. The Bertz CT molecular complexity index is 707. The molecule has 3 nitrogen and oxygen atoms in total. The SMILES string of the molecule is Cc1ccccc1CSc1n[nH]c(Cc2ccccc2)n1. The third-order valence-corrected chi connectivity index (χ3v) is 4.24. The molecule has 0 aliphatic carbocycles. The molecular weight excluding hydrogens is 278 g/mol. The van der Waals surface area contributed by atoms with Crippen LogP contribution in [0.3, 0.4) is 0 Å². The van der Waals surface area contributed by atoms with Crippen molar-refractivity contribution in [1.82, 2.24) is 15.2 Å². The highest BCUT2D eigenvalue weighted by Crippen LogP contribution is 2.21. The van der Waals surface area contributed by atoms with E-state index in [0.717, 1.165) is 23.2 Å². The summed E-state index contributed by atoms with van der Waals surface area (Å²) in [5.74, 6) is 1.81. The van der Waals surface area contributed by atoms with Crippen LogP contribution in [-0.4, -0.2) is 15.2 Å². The zero-order valence-corrected chi connectivity index (χ0v) is 12.7. The van der Waals surface area contributed by atoms with Gasteiger partial charge in [0.05, 0.1) is 0 Å². The Morgan fingerprint density at radius 1 is 1.00 bits per heavy atom. The number of nitrogens with zero attached hydrogens (tertiary/aromatic N) is 2. The summed E-state index contributed by atoms with van der Waals surface area (Å²) in [5.41, 5.74) is 3.88. The molecule has 0 aliphatic heterocycles. The van der Waals surface area contributed by atoms with E-state index in [4.69, 9.17) is 0 Å². The summed E-state index contributed by atoms with van der Waals surface area (Å²) < 4.78 is 0. The van der Waals surface area contributed by atoms with Crippen LogP contribution in [0, 0.1) is 6.92 Å². The maximum absolute atomic E-state index is 4.55. The van der Waals surface area contributed by atoms with Gasteiger partial charge in [-0.3, -0.25) is 5.10 Å². The molecular formula is C17H17N3S. The van der Waals surface area contributed by atoms with Crippen LogP contribution in [0.2, 0.25) is 0 Å². The lowest BCUT2D eigenvalue weighted by Gasteiger charge is -2.02. The highest BCUT2D eigenvalue weighted by atomic mass is 32.2. The fourth-order valence-electron chi connectivity index (χ4n) is 2.12. The molecule has 0 spiro atoms. The summed E-state index contributed by atoms with van der Waals surface area (Å²) in [4.78, 5) is 4.55. The molecule has 1 N–H and O–H groups in total. The number of aromatic nitrogens is 3. The first kappa shape index (κ1) is 13.9. The molecule has 0 atom stereocenters. The molecule has 0 saturated carbocycles. The van der Waals surface area contributed by atoms with Crippen LogP contribution in [0.1, 0.15) is 22.5 Å². The van der Waals surface area contributed by atoms with Gasteiger partial charge in [-0.25, -0.2) is 4.98 Å². The van der Waals surface area contributed by atoms with Gasteiger partial charge in [-0.2, -0.15) is 0 Å². The van der Waals surface area contributed by atoms with Crippen LogP contribution in [0.5, 0.6) is 0 Å². The van der Waals surface area contributed by atoms with E-state index in [-0.39, 0.29) is 0 Å². The molecule has 1 heterocycles. The number of aryl methyl sites for hydroxylation is 1. The van der Waals surface area contributed by atoms with Crippen molar-refractivity contribution in [2.45, 2.75) is 24.3 Å². The molecule has 2 aromatic carbocycles. The second kappa shape index (κ2) is 6.59. The lowest BCUT2D eigenvalue weighted by molar-refractivity contribution is 0.956. The lowest BCUT2D eigenvalue weighted by Crippen LogP contribution is -1.90. The Kier molecular flexibility index (Phi) is 4.36.